The summed E-state index contributed by atoms with van der Waals surface area (Å²) in [6, 6.07) is 5.56. The number of aryl methyl sites for hydroxylation is 2. The molecule has 2 aromatic heterocycles. The number of nitrogens with zero attached hydrogens (tertiary/aromatic N) is 5. The van der Waals surface area contributed by atoms with Crippen molar-refractivity contribution in [3.8, 4) is 5.75 Å². The average Bonchev–Trinajstić information content (AvgIpc) is 3.38. The zero-order valence-electron chi connectivity index (χ0n) is 17.4. The number of aromatic amines is 1. The summed E-state index contributed by atoms with van der Waals surface area (Å²) < 4.78 is 7.48. The van der Waals surface area contributed by atoms with E-state index in [4.69, 9.17) is 4.74 Å². The van der Waals surface area contributed by atoms with E-state index in [0.29, 0.717) is 18.9 Å². The molecule has 1 aromatic carbocycles. The zero-order chi connectivity index (χ0) is 20.5. The standard InChI is InChI=1S/C21H28N6O2/c1-13(19-14(2)22-23-15(19)3)20-24-25-21(27(20)8-5-9-29-4)26-11-16-6-7-18(28)10-17(16)12-26/h6-7,10,13,28H,5,8-9,11-12H2,1-4H3,(H,22,23). The summed E-state index contributed by atoms with van der Waals surface area (Å²) in [6.07, 6.45) is 0.881. The number of phenolic OH excluding ortho intramolecular Hbond substituents is 1. The Labute approximate surface area is 170 Å². The number of fused-ring (bicyclic) bond motifs is 1. The summed E-state index contributed by atoms with van der Waals surface area (Å²) in [4.78, 5) is 2.22. The number of H-pyrrole nitrogens is 1. The fourth-order valence-corrected chi connectivity index (χ4v) is 4.29. The number of aromatic nitrogens is 5. The second-order valence-electron chi connectivity index (χ2n) is 7.73. The Morgan fingerprint density at radius 3 is 2.72 bits per heavy atom. The van der Waals surface area contributed by atoms with Crippen molar-refractivity contribution in [1.82, 2.24) is 25.0 Å². The molecule has 1 atom stereocenters. The van der Waals surface area contributed by atoms with E-state index < -0.39 is 0 Å². The number of ether oxygens (including phenoxy) is 1. The van der Waals surface area contributed by atoms with Crippen molar-refractivity contribution >= 4 is 5.95 Å². The van der Waals surface area contributed by atoms with Gasteiger partial charge in [-0.3, -0.25) is 9.67 Å². The summed E-state index contributed by atoms with van der Waals surface area (Å²) in [5.74, 6) is 2.17. The lowest BCUT2D eigenvalue weighted by atomic mass is 9.98. The second-order valence-corrected chi connectivity index (χ2v) is 7.73. The largest absolute Gasteiger partial charge is 0.508 e. The van der Waals surface area contributed by atoms with Gasteiger partial charge in [0.25, 0.3) is 0 Å². The average molecular weight is 396 g/mol. The highest BCUT2D eigenvalue weighted by Gasteiger charge is 2.28. The SMILES string of the molecule is COCCCn1c(C(C)c2c(C)n[nH]c2C)nnc1N1Cc2ccc(O)cc2C1. The molecule has 3 aromatic rings. The van der Waals surface area contributed by atoms with Crippen molar-refractivity contribution in [2.24, 2.45) is 0 Å². The van der Waals surface area contributed by atoms with Gasteiger partial charge in [-0.25, -0.2) is 0 Å². The van der Waals surface area contributed by atoms with Crippen LogP contribution in [0.25, 0.3) is 0 Å². The van der Waals surface area contributed by atoms with Crippen LogP contribution in [0.3, 0.4) is 0 Å². The van der Waals surface area contributed by atoms with Crippen molar-refractivity contribution in [3.05, 3.63) is 52.1 Å². The topological polar surface area (TPSA) is 92.1 Å². The third-order valence-corrected chi connectivity index (χ3v) is 5.69. The van der Waals surface area contributed by atoms with Crippen molar-refractivity contribution in [3.63, 3.8) is 0 Å². The van der Waals surface area contributed by atoms with E-state index >= 15 is 0 Å². The number of hydrogen-bond acceptors (Lipinski definition) is 6. The highest BCUT2D eigenvalue weighted by Crippen LogP contribution is 2.33. The molecule has 8 nitrogen and oxygen atoms in total. The van der Waals surface area contributed by atoms with Gasteiger partial charge >= 0.3 is 0 Å². The first-order valence-electron chi connectivity index (χ1n) is 9.98. The van der Waals surface area contributed by atoms with Gasteiger partial charge in [-0.2, -0.15) is 5.10 Å². The van der Waals surface area contributed by atoms with E-state index in [-0.39, 0.29) is 5.92 Å². The van der Waals surface area contributed by atoms with Crippen LogP contribution in [0.2, 0.25) is 0 Å². The van der Waals surface area contributed by atoms with Crippen molar-refractivity contribution < 1.29 is 9.84 Å². The first kappa shape index (κ1) is 19.4. The number of anilines is 1. The third-order valence-electron chi connectivity index (χ3n) is 5.69. The minimum atomic E-state index is 0.0755. The molecule has 29 heavy (non-hydrogen) atoms. The number of benzene rings is 1. The van der Waals surface area contributed by atoms with E-state index in [0.717, 1.165) is 48.2 Å². The molecule has 8 heteroatoms. The monoisotopic (exact) mass is 396 g/mol. The Balaban J connectivity index is 1.68. The fourth-order valence-electron chi connectivity index (χ4n) is 4.29. The maximum atomic E-state index is 9.81. The van der Waals surface area contributed by atoms with Crippen molar-refractivity contribution in [1.29, 1.82) is 0 Å². The van der Waals surface area contributed by atoms with E-state index in [2.05, 4.69) is 36.8 Å². The van der Waals surface area contributed by atoms with Gasteiger partial charge in [0.2, 0.25) is 5.95 Å². The summed E-state index contributed by atoms with van der Waals surface area (Å²) in [5, 5.41) is 26.4. The molecule has 0 radical (unpaired) electrons. The van der Waals surface area contributed by atoms with Crippen LogP contribution in [0, 0.1) is 13.8 Å². The van der Waals surface area contributed by atoms with Gasteiger partial charge in [-0.1, -0.05) is 13.0 Å². The van der Waals surface area contributed by atoms with E-state index in [1.165, 1.54) is 11.1 Å². The lowest BCUT2D eigenvalue weighted by Crippen LogP contribution is -2.21. The van der Waals surface area contributed by atoms with Crippen LogP contribution in [-0.4, -0.2) is 43.8 Å². The van der Waals surface area contributed by atoms with Gasteiger partial charge in [0.05, 0.1) is 5.69 Å². The predicted octanol–water partition coefficient (Wildman–Crippen LogP) is 3.03. The molecule has 0 amide bonds. The molecular weight excluding hydrogens is 368 g/mol. The van der Waals surface area contributed by atoms with Gasteiger partial charge < -0.3 is 14.7 Å². The Morgan fingerprint density at radius 1 is 1.21 bits per heavy atom. The quantitative estimate of drug-likeness (QED) is 0.597. The molecule has 0 saturated carbocycles. The number of rotatable bonds is 7. The minimum absolute atomic E-state index is 0.0755. The highest BCUT2D eigenvalue weighted by atomic mass is 16.5. The van der Waals surface area contributed by atoms with Crippen LogP contribution >= 0.6 is 0 Å². The van der Waals surface area contributed by atoms with Crippen LogP contribution in [0.1, 0.15) is 53.2 Å². The molecule has 154 valence electrons. The Hall–Kier alpha value is -2.87. The summed E-state index contributed by atoms with van der Waals surface area (Å²) in [5.41, 5.74) is 5.57. The van der Waals surface area contributed by atoms with E-state index in [1.807, 2.05) is 26.0 Å². The van der Waals surface area contributed by atoms with Crippen LogP contribution in [0.15, 0.2) is 18.2 Å². The van der Waals surface area contributed by atoms with Gasteiger partial charge in [-0.15, -0.1) is 10.2 Å². The number of aromatic hydroxyl groups is 1. The summed E-state index contributed by atoms with van der Waals surface area (Å²) >= 11 is 0. The predicted molar refractivity (Wildman–Crippen MR) is 110 cm³/mol. The van der Waals surface area contributed by atoms with Crippen LogP contribution in [0.5, 0.6) is 5.75 Å². The molecule has 3 heterocycles. The van der Waals surface area contributed by atoms with Crippen molar-refractivity contribution in [2.75, 3.05) is 18.6 Å². The normalized spacial score (nSPS) is 14.4. The second kappa shape index (κ2) is 7.87. The Morgan fingerprint density at radius 2 is 2.00 bits per heavy atom. The maximum Gasteiger partial charge on any atom is 0.227 e. The van der Waals surface area contributed by atoms with Crippen LogP contribution < -0.4 is 4.90 Å². The number of nitrogens with one attached hydrogen (secondary N) is 1. The highest BCUT2D eigenvalue weighted by molar-refractivity contribution is 5.47. The molecule has 0 bridgehead atoms. The number of methoxy groups -OCH3 is 1. The molecular formula is C21H28N6O2. The first-order chi connectivity index (χ1) is 14.0. The fraction of sp³-hybridized carbons (Fsp3) is 0.476. The molecule has 1 aliphatic heterocycles. The minimum Gasteiger partial charge on any atom is -0.508 e. The molecule has 1 unspecified atom stereocenters. The molecule has 0 spiro atoms. The molecule has 0 aliphatic carbocycles. The van der Waals surface area contributed by atoms with E-state index in [9.17, 15) is 5.11 Å². The van der Waals surface area contributed by atoms with Crippen LogP contribution in [0.4, 0.5) is 5.95 Å². The first-order valence-corrected chi connectivity index (χ1v) is 9.98. The van der Waals surface area contributed by atoms with Gasteiger partial charge in [0.15, 0.2) is 0 Å². The smallest absolute Gasteiger partial charge is 0.227 e. The molecule has 0 fully saturated rings. The summed E-state index contributed by atoms with van der Waals surface area (Å²) in [6.45, 7) is 9.16. The van der Waals surface area contributed by atoms with Gasteiger partial charge in [0.1, 0.15) is 11.6 Å². The molecule has 1 aliphatic rings. The third kappa shape index (κ3) is 3.60. The number of hydrogen-bond donors (Lipinski definition) is 2. The van der Waals surface area contributed by atoms with Crippen LogP contribution in [-0.2, 0) is 24.4 Å². The van der Waals surface area contributed by atoms with Crippen molar-refractivity contribution in [2.45, 2.75) is 52.7 Å². The molecule has 2 N–H and O–H groups in total. The van der Waals surface area contributed by atoms with E-state index in [1.54, 1.807) is 13.2 Å². The number of phenols is 1. The lowest BCUT2D eigenvalue weighted by Gasteiger charge is -2.20. The lowest BCUT2D eigenvalue weighted by molar-refractivity contribution is 0.190. The summed E-state index contributed by atoms with van der Waals surface area (Å²) in [7, 11) is 1.72. The van der Waals surface area contributed by atoms with Gasteiger partial charge in [-0.05, 0) is 43.5 Å². The Bertz CT molecular complexity index is 989. The molecule has 0 saturated heterocycles. The van der Waals surface area contributed by atoms with Gasteiger partial charge in [0, 0.05) is 50.5 Å². The Kier molecular flexibility index (Phi) is 5.27. The maximum absolute atomic E-state index is 9.81. The zero-order valence-corrected chi connectivity index (χ0v) is 17.4. The molecule has 4 rings (SSSR count).